The molecule has 6 heteroatoms. The summed E-state index contributed by atoms with van der Waals surface area (Å²) in [4.78, 5) is 25.2. The van der Waals surface area contributed by atoms with Crippen molar-refractivity contribution in [2.75, 3.05) is 13.2 Å². The van der Waals surface area contributed by atoms with Crippen LogP contribution < -0.4 is 5.32 Å². The Morgan fingerprint density at radius 3 is 2.12 bits per heavy atom. The highest BCUT2D eigenvalue weighted by molar-refractivity contribution is 5.81. The summed E-state index contributed by atoms with van der Waals surface area (Å²) in [6.45, 7) is 7.74. The predicted molar refractivity (Wildman–Crippen MR) is 127 cm³/mol. The molecule has 2 aromatic carbocycles. The van der Waals surface area contributed by atoms with Crippen LogP contribution in [0.2, 0.25) is 0 Å². The van der Waals surface area contributed by atoms with Crippen LogP contribution in [0.15, 0.2) is 60.7 Å². The molecule has 1 N–H and O–H groups in total. The van der Waals surface area contributed by atoms with Gasteiger partial charge in [0.15, 0.2) is 6.04 Å². The van der Waals surface area contributed by atoms with Gasteiger partial charge in [0.2, 0.25) is 0 Å². The Morgan fingerprint density at radius 2 is 1.55 bits per heavy atom. The molecule has 1 heterocycles. The number of carbonyl (C=O) groups excluding carboxylic acids is 2. The fraction of sp³-hybridized carbons (Fsp3) is 0.481. The van der Waals surface area contributed by atoms with E-state index in [9.17, 15) is 9.59 Å². The van der Waals surface area contributed by atoms with Crippen molar-refractivity contribution in [3.05, 3.63) is 71.8 Å². The SMILES string of the molecule is C[C@@H]1OC(=O)[C@@H](NC(=O)OC(C)(C)C)COC[C@H](Cc2ccccc2)[C@H]1Cc1ccccc1. The minimum Gasteiger partial charge on any atom is -0.461 e. The van der Waals surface area contributed by atoms with Gasteiger partial charge in [0.05, 0.1) is 13.2 Å². The zero-order chi connectivity index (χ0) is 23.8. The summed E-state index contributed by atoms with van der Waals surface area (Å²) in [6, 6.07) is 19.6. The van der Waals surface area contributed by atoms with Gasteiger partial charge in [0.25, 0.3) is 0 Å². The number of hydrogen-bond donors (Lipinski definition) is 1. The van der Waals surface area contributed by atoms with Gasteiger partial charge in [-0.15, -0.1) is 0 Å². The number of rotatable bonds is 5. The van der Waals surface area contributed by atoms with E-state index in [0.717, 1.165) is 12.8 Å². The first-order chi connectivity index (χ1) is 15.7. The third-order valence-electron chi connectivity index (χ3n) is 5.76. The number of amides is 1. The van der Waals surface area contributed by atoms with Gasteiger partial charge in [-0.3, -0.25) is 0 Å². The van der Waals surface area contributed by atoms with Crippen molar-refractivity contribution in [2.24, 2.45) is 11.8 Å². The monoisotopic (exact) mass is 453 g/mol. The Balaban J connectivity index is 1.79. The van der Waals surface area contributed by atoms with Gasteiger partial charge in [-0.2, -0.15) is 0 Å². The molecule has 178 valence electrons. The summed E-state index contributed by atoms with van der Waals surface area (Å²) >= 11 is 0. The fourth-order valence-corrected chi connectivity index (χ4v) is 4.16. The standard InChI is InChI=1S/C27H35NO5/c1-19-23(16-21-13-9-6-10-14-21)22(15-20-11-7-5-8-12-20)17-31-18-24(25(29)32-19)28-26(30)33-27(2,3)4/h5-14,19,22-24H,15-18H2,1-4H3,(H,28,30)/t19-,22-,23-,24-/m0/s1. The number of carbonyl (C=O) groups is 2. The second kappa shape index (κ2) is 11.3. The minimum atomic E-state index is -0.921. The van der Waals surface area contributed by atoms with Crippen LogP contribution in [0.3, 0.4) is 0 Å². The first kappa shape index (κ1) is 24.8. The Hall–Kier alpha value is -2.86. The maximum absolute atomic E-state index is 12.9. The van der Waals surface area contributed by atoms with E-state index in [4.69, 9.17) is 14.2 Å². The molecular formula is C27H35NO5. The van der Waals surface area contributed by atoms with Crippen molar-refractivity contribution in [3.63, 3.8) is 0 Å². The van der Waals surface area contributed by atoms with Gasteiger partial charge in [0, 0.05) is 5.92 Å². The van der Waals surface area contributed by atoms with Crippen LogP contribution in [-0.4, -0.2) is 43.0 Å². The molecule has 0 aromatic heterocycles. The summed E-state index contributed by atoms with van der Waals surface area (Å²) in [7, 11) is 0. The average Bonchev–Trinajstić information content (AvgIpc) is 2.80. The Morgan fingerprint density at radius 1 is 0.970 bits per heavy atom. The summed E-state index contributed by atoms with van der Waals surface area (Å²) < 4.78 is 17.2. The van der Waals surface area contributed by atoms with Crippen molar-refractivity contribution in [2.45, 2.75) is 58.3 Å². The van der Waals surface area contributed by atoms with Gasteiger partial charge in [-0.25, -0.2) is 9.59 Å². The molecule has 0 radical (unpaired) electrons. The number of benzene rings is 2. The van der Waals surface area contributed by atoms with Crippen LogP contribution in [0, 0.1) is 11.8 Å². The van der Waals surface area contributed by atoms with E-state index >= 15 is 0 Å². The average molecular weight is 454 g/mol. The number of ether oxygens (including phenoxy) is 3. The van der Waals surface area contributed by atoms with Crippen LogP contribution in [0.4, 0.5) is 4.79 Å². The number of alkyl carbamates (subject to hydrolysis) is 1. The minimum absolute atomic E-state index is 0.0359. The van der Waals surface area contributed by atoms with E-state index in [1.807, 2.05) is 43.3 Å². The van der Waals surface area contributed by atoms with E-state index in [1.165, 1.54) is 11.1 Å². The highest BCUT2D eigenvalue weighted by atomic mass is 16.6. The van der Waals surface area contributed by atoms with Gasteiger partial charge in [0.1, 0.15) is 11.7 Å². The first-order valence-corrected chi connectivity index (χ1v) is 11.6. The van der Waals surface area contributed by atoms with Crippen molar-refractivity contribution in [1.82, 2.24) is 5.32 Å². The molecule has 1 saturated heterocycles. The number of nitrogens with one attached hydrogen (secondary N) is 1. The lowest BCUT2D eigenvalue weighted by Gasteiger charge is -2.31. The summed E-state index contributed by atoms with van der Waals surface area (Å²) in [5, 5.41) is 2.61. The lowest BCUT2D eigenvalue weighted by atomic mass is 9.80. The molecule has 2 aromatic rings. The number of cyclic esters (lactones) is 1. The third kappa shape index (κ3) is 7.90. The molecular weight excluding hydrogens is 418 g/mol. The van der Waals surface area contributed by atoms with Crippen LogP contribution in [0.1, 0.15) is 38.8 Å². The molecule has 0 saturated carbocycles. The normalized spacial score (nSPS) is 24.1. The number of esters is 1. The molecule has 0 spiro atoms. The highest BCUT2D eigenvalue weighted by Gasteiger charge is 2.35. The van der Waals surface area contributed by atoms with Crippen LogP contribution in [-0.2, 0) is 31.8 Å². The topological polar surface area (TPSA) is 73.9 Å². The predicted octanol–water partition coefficient (Wildman–Crippen LogP) is 4.56. The lowest BCUT2D eigenvalue weighted by molar-refractivity contribution is -0.154. The molecule has 1 aliphatic rings. The van der Waals surface area contributed by atoms with Crippen molar-refractivity contribution < 1.29 is 23.8 Å². The molecule has 0 unspecified atom stereocenters. The maximum atomic E-state index is 12.9. The van der Waals surface area contributed by atoms with Crippen molar-refractivity contribution >= 4 is 12.1 Å². The second-order valence-electron chi connectivity index (χ2n) is 9.68. The molecule has 0 bridgehead atoms. The Kier molecular flexibility index (Phi) is 8.50. The van der Waals surface area contributed by atoms with Crippen molar-refractivity contribution in [1.29, 1.82) is 0 Å². The summed E-state index contributed by atoms with van der Waals surface area (Å²) in [6.07, 6.45) is 0.558. The number of hydrogen-bond acceptors (Lipinski definition) is 5. The zero-order valence-corrected chi connectivity index (χ0v) is 20.0. The highest BCUT2D eigenvalue weighted by Crippen LogP contribution is 2.28. The van der Waals surface area contributed by atoms with E-state index in [2.05, 4.69) is 29.6 Å². The Bertz CT molecular complexity index is 894. The van der Waals surface area contributed by atoms with E-state index < -0.39 is 23.7 Å². The quantitative estimate of drug-likeness (QED) is 0.672. The van der Waals surface area contributed by atoms with E-state index in [-0.39, 0.29) is 24.5 Å². The smallest absolute Gasteiger partial charge is 0.408 e. The molecule has 1 amide bonds. The van der Waals surface area contributed by atoms with Crippen LogP contribution in [0.5, 0.6) is 0 Å². The zero-order valence-electron chi connectivity index (χ0n) is 20.0. The molecule has 1 fully saturated rings. The van der Waals surface area contributed by atoms with E-state index in [1.54, 1.807) is 20.8 Å². The van der Waals surface area contributed by atoms with Crippen LogP contribution >= 0.6 is 0 Å². The lowest BCUT2D eigenvalue weighted by Crippen LogP contribution is -2.47. The Labute approximate surface area is 196 Å². The fourth-order valence-electron chi connectivity index (χ4n) is 4.16. The van der Waals surface area contributed by atoms with Crippen molar-refractivity contribution in [3.8, 4) is 0 Å². The molecule has 3 rings (SSSR count). The van der Waals surface area contributed by atoms with Gasteiger partial charge >= 0.3 is 12.1 Å². The van der Waals surface area contributed by atoms with Gasteiger partial charge < -0.3 is 19.5 Å². The molecule has 1 aliphatic heterocycles. The molecule has 33 heavy (non-hydrogen) atoms. The van der Waals surface area contributed by atoms with Gasteiger partial charge in [-0.1, -0.05) is 60.7 Å². The van der Waals surface area contributed by atoms with Crippen LogP contribution in [0.25, 0.3) is 0 Å². The second-order valence-corrected chi connectivity index (χ2v) is 9.68. The maximum Gasteiger partial charge on any atom is 0.408 e. The molecule has 4 atom stereocenters. The third-order valence-corrected chi connectivity index (χ3v) is 5.76. The molecule has 0 aliphatic carbocycles. The van der Waals surface area contributed by atoms with E-state index in [0.29, 0.717) is 6.61 Å². The summed E-state index contributed by atoms with van der Waals surface area (Å²) in [5.41, 5.74) is 1.74. The summed E-state index contributed by atoms with van der Waals surface area (Å²) in [5.74, 6) is -0.320. The first-order valence-electron chi connectivity index (χ1n) is 11.6. The van der Waals surface area contributed by atoms with Gasteiger partial charge in [-0.05, 0) is 57.6 Å². The largest absolute Gasteiger partial charge is 0.461 e. The molecule has 6 nitrogen and oxygen atoms in total.